The van der Waals surface area contributed by atoms with E-state index in [1.54, 1.807) is 0 Å². The first kappa shape index (κ1) is 14.1. The molecule has 1 fully saturated rings. The first-order valence-electron chi connectivity index (χ1n) is 6.97. The summed E-state index contributed by atoms with van der Waals surface area (Å²) in [7, 11) is 0. The number of nitrogens with zero attached hydrogens (tertiary/aromatic N) is 1. The lowest BCUT2D eigenvalue weighted by atomic mass is 9.81. The van der Waals surface area contributed by atoms with Crippen LogP contribution in [0.2, 0.25) is 0 Å². The van der Waals surface area contributed by atoms with Crippen molar-refractivity contribution >= 4 is 5.91 Å². The molecular formula is C16H24N2O. The monoisotopic (exact) mass is 260 g/mol. The Morgan fingerprint density at radius 2 is 1.95 bits per heavy atom. The van der Waals surface area contributed by atoms with Crippen molar-refractivity contribution in [1.29, 1.82) is 0 Å². The predicted molar refractivity (Wildman–Crippen MR) is 77.5 cm³/mol. The van der Waals surface area contributed by atoms with E-state index in [-0.39, 0.29) is 17.5 Å². The van der Waals surface area contributed by atoms with Crippen LogP contribution in [0.15, 0.2) is 30.3 Å². The van der Waals surface area contributed by atoms with E-state index >= 15 is 0 Å². The van der Waals surface area contributed by atoms with Gasteiger partial charge in [0.25, 0.3) is 0 Å². The van der Waals surface area contributed by atoms with Gasteiger partial charge in [0.2, 0.25) is 5.91 Å². The van der Waals surface area contributed by atoms with Crippen LogP contribution in [0.25, 0.3) is 0 Å². The fourth-order valence-electron chi connectivity index (χ4n) is 2.25. The van der Waals surface area contributed by atoms with Crippen LogP contribution >= 0.6 is 0 Å². The lowest BCUT2D eigenvalue weighted by molar-refractivity contribution is -0.129. The maximum Gasteiger partial charge on any atom is 0.238 e. The molecule has 1 N–H and O–H groups in total. The lowest BCUT2D eigenvalue weighted by Gasteiger charge is -2.33. The molecule has 2 unspecified atom stereocenters. The summed E-state index contributed by atoms with van der Waals surface area (Å²) >= 11 is 0. The van der Waals surface area contributed by atoms with Crippen molar-refractivity contribution < 1.29 is 4.79 Å². The van der Waals surface area contributed by atoms with Gasteiger partial charge in [-0.05, 0) is 16.9 Å². The fourth-order valence-corrected chi connectivity index (χ4v) is 2.25. The summed E-state index contributed by atoms with van der Waals surface area (Å²) in [6.07, 6.45) is 0.0264. The van der Waals surface area contributed by atoms with Gasteiger partial charge in [0.05, 0.1) is 6.54 Å². The van der Waals surface area contributed by atoms with Crippen molar-refractivity contribution in [2.75, 3.05) is 13.1 Å². The van der Waals surface area contributed by atoms with E-state index in [1.807, 2.05) is 23.1 Å². The van der Waals surface area contributed by atoms with Gasteiger partial charge in [-0.2, -0.15) is 0 Å². The number of hydrogen-bond acceptors (Lipinski definition) is 2. The summed E-state index contributed by atoms with van der Waals surface area (Å²) in [6.45, 7) is 10.1. The Kier molecular flexibility index (Phi) is 3.95. The van der Waals surface area contributed by atoms with E-state index in [0.717, 1.165) is 12.1 Å². The second-order valence-electron chi connectivity index (χ2n) is 6.51. The van der Waals surface area contributed by atoms with E-state index in [9.17, 15) is 4.79 Å². The molecule has 2 atom stereocenters. The number of carbonyl (C=O) groups is 1. The molecule has 2 rings (SSSR count). The molecule has 19 heavy (non-hydrogen) atoms. The van der Waals surface area contributed by atoms with Crippen LogP contribution in [0.1, 0.15) is 39.4 Å². The molecule has 1 aliphatic rings. The third-order valence-corrected chi connectivity index (χ3v) is 4.14. The SMILES string of the molecule is CC(CN1C(=O)CNC1c1ccccc1)C(C)(C)C. The normalized spacial score (nSPS) is 21.8. The highest BCUT2D eigenvalue weighted by atomic mass is 16.2. The van der Waals surface area contributed by atoms with Crippen LogP contribution < -0.4 is 5.32 Å². The van der Waals surface area contributed by atoms with Gasteiger partial charge in [-0.3, -0.25) is 10.1 Å². The van der Waals surface area contributed by atoms with Crippen LogP contribution in [-0.4, -0.2) is 23.9 Å². The van der Waals surface area contributed by atoms with Crippen molar-refractivity contribution in [2.45, 2.75) is 33.9 Å². The first-order chi connectivity index (χ1) is 8.89. The van der Waals surface area contributed by atoms with Crippen molar-refractivity contribution in [2.24, 2.45) is 11.3 Å². The van der Waals surface area contributed by atoms with Gasteiger partial charge in [0, 0.05) is 6.54 Å². The summed E-state index contributed by atoms with van der Waals surface area (Å²) < 4.78 is 0. The molecule has 1 heterocycles. The van der Waals surface area contributed by atoms with Crippen molar-refractivity contribution in [3.05, 3.63) is 35.9 Å². The number of nitrogens with one attached hydrogen (secondary N) is 1. The standard InChI is InChI=1S/C16H24N2O/c1-12(16(2,3)4)11-18-14(19)10-17-15(18)13-8-6-5-7-9-13/h5-9,12,15,17H,10-11H2,1-4H3. The van der Waals surface area contributed by atoms with E-state index in [2.05, 4.69) is 45.1 Å². The first-order valence-corrected chi connectivity index (χ1v) is 6.97. The minimum absolute atomic E-state index is 0.0264. The Balaban J connectivity index is 2.15. The Bertz CT molecular complexity index is 436. The third kappa shape index (κ3) is 3.16. The average Bonchev–Trinajstić information content (AvgIpc) is 2.71. The van der Waals surface area contributed by atoms with E-state index in [1.165, 1.54) is 0 Å². The fraction of sp³-hybridized carbons (Fsp3) is 0.562. The van der Waals surface area contributed by atoms with Gasteiger partial charge < -0.3 is 4.90 Å². The Morgan fingerprint density at radius 3 is 2.53 bits per heavy atom. The van der Waals surface area contributed by atoms with Crippen LogP contribution in [0.3, 0.4) is 0 Å². The molecular weight excluding hydrogens is 236 g/mol. The van der Waals surface area contributed by atoms with E-state index in [0.29, 0.717) is 12.5 Å². The van der Waals surface area contributed by atoms with E-state index < -0.39 is 0 Å². The quantitative estimate of drug-likeness (QED) is 0.906. The van der Waals surface area contributed by atoms with Crippen molar-refractivity contribution in [3.63, 3.8) is 0 Å². The number of amides is 1. The Labute approximate surface area is 116 Å². The third-order valence-electron chi connectivity index (χ3n) is 4.14. The number of carbonyl (C=O) groups excluding carboxylic acids is 1. The van der Waals surface area contributed by atoms with Gasteiger partial charge in [-0.25, -0.2) is 0 Å². The molecule has 1 aromatic rings. The summed E-state index contributed by atoms with van der Waals surface area (Å²) in [5.41, 5.74) is 1.37. The smallest absolute Gasteiger partial charge is 0.238 e. The van der Waals surface area contributed by atoms with Gasteiger partial charge in [0.15, 0.2) is 0 Å². The molecule has 0 spiro atoms. The number of rotatable bonds is 3. The molecule has 1 saturated heterocycles. The average molecular weight is 260 g/mol. The molecule has 0 aromatic heterocycles. The minimum atomic E-state index is 0.0264. The van der Waals surface area contributed by atoms with Gasteiger partial charge >= 0.3 is 0 Å². The summed E-state index contributed by atoms with van der Waals surface area (Å²) in [5, 5.41) is 3.31. The van der Waals surface area contributed by atoms with Crippen LogP contribution in [-0.2, 0) is 4.79 Å². The number of hydrogen-bond donors (Lipinski definition) is 1. The summed E-state index contributed by atoms with van der Waals surface area (Å²) in [6, 6.07) is 10.2. The van der Waals surface area contributed by atoms with Crippen LogP contribution in [0.5, 0.6) is 0 Å². The molecule has 1 aromatic carbocycles. The summed E-state index contributed by atoms with van der Waals surface area (Å²) in [4.78, 5) is 14.1. The zero-order valence-corrected chi connectivity index (χ0v) is 12.3. The highest BCUT2D eigenvalue weighted by molar-refractivity contribution is 5.81. The molecule has 1 amide bonds. The van der Waals surface area contributed by atoms with E-state index in [4.69, 9.17) is 0 Å². The molecule has 0 bridgehead atoms. The van der Waals surface area contributed by atoms with Crippen LogP contribution in [0.4, 0.5) is 0 Å². The maximum atomic E-state index is 12.1. The van der Waals surface area contributed by atoms with Gasteiger partial charge in [-0.1, -0.05) is 58.0 Å². The summed E-state index contributed by atoms with van der Waals surface area (Å²) in [5.74, 6) is 0.660. The Morgan fingerprint density at radius 1 is 1.32 bits per heavy atom. The van der Waals surface area contributed by atoms with Crippen LogP contribution in [0, 0.1) is 11.3 Å². The topological polar surface area (TPSA) is 32.3 Å². The number of benzene rings is 1. The van der Waals surface area contributed by atoms with Gasteiger partial charge in [0.1, 0.15) is 6.17 Å². The Hall–Kier alpha value is -1.35. The van der Waals surface area contributed by atoms with Gasteiger partial charge in [-0.15, -0.1) is 0 Å². The second kappa shape index (κ2) is 5.33. The highest BCUT2D eigenvalue weighted by Gasteiger charge is 2.34. The molecule has 0 saturated carbocycles. The van der Waals surface area contributed by atoms with Crippen molar-refractivity contribution in [1.82, 2.24) is 10.2 Å². The predicted octanol–water partition coefficient (Wildman–Crippen LogP) is 2.80. The second-order valence-corrected chi connectivity index (χ2v) is 6.51. The lowest BCUT2D eigenvalue weighted by Crippen LogP contribution is -2.37. The zero-order chi connectivity index (χ0) is 14.0. The minimum Gasteiger partial charge on any atom is -0.322 e. The molecule has 3 nitrogen and oxygen atoms in total. The van der Waals surface area contributed by atoms with Crippen molar-refractivity contribution in [3.8, 4) is 0 Å². The largest absolute Gasteiger partial charge is 0.322 e. The molecule has 104 valence electrons. The maximum absolute atomic E-state index is 12.1. The molecule has 0 radical (unpaired) electrons. The highest BCUT2D eigenvalue weighted by Crippen LogP contribution is 2.30. The molecule has 1 aliphatic heterocycles. The molecule has 0 aliphatic carbocycles. The molecule has 3 heteroatoms. The zero-order valence-electron chi connectivity index (χ0n) is 12.3.